The molecule has 2 rings (SSSR count). The Kier molecular flexibility index (Phi) is 11.8. The van der Waals surface area contributed by atoms with Gasteiger partial charge in [-0.2, -0.15) is 0 Å². The monoisotopic (exact) mass is 503 g/mol. The average molecular weight is 503 g/mol. The van der Waals surface area contributed by atoms with Crippen molar-refractivity contribution in [3.63, 3.8) is 0 Å². The lowest BCUT2D eigenvalue weighted by molar-refractivity contribution is 0.0531. The van der Waals surface area contributed by atoms with Gasteiger partial charge in [-0.05, 0) is 43.4 Å². The zero-order valence-corrected chi connectivity index (χ0v) is 20.3. The summed E-state index contributed by atoms with van der Waals surface area (Å²) in [6.07, 6.45) is 4.37. The molecule has 0 spiro atoms. The number of aliphatic imine (C=N–C) groups is 1. The van der Waals surface area contributed by atoms with Gasteiger partial charge in [0.2, 0.25) is 0 Å². The highest BCUT2D eigenvalue weighted by molar-refractivity contribution is 14.0. The first-order chi connectivity index (χ1) is 13.2. The van der Waals surface area contributed by atoms with Crippen LogP contribution in [0.25, 0.3) is 0 Å². The first kappa shape index (κ1) is 25.0. The number of nitrogens with one attached hydrogen (secondary N) is 2. The Balaban J connectivity index is 0.00000392. The first-order valence-electron chi connectivity index (χ1n) is 10.4. The molecule has 1 heterocycles. The quantitative estimate of drug-likeness (QED) is 0.299. The summed E-state index contributed by atoms with van der Waals surface area (Å²) in [6.45, 7) is 10.8. The molecule has 1 aromatic rings. The molecule has 0 aromatic heterocycles. The lowest BCUT2D eigenvalue weighted by Crippen LogP contribution is -2.42. The Hall–Kier alpha value is -1.02. The van der Waals surface area contributed by atoms with E-state index < -0.39 is 0 Å². The fourth-order valence-electron chi connectivity index (χ4n) is 3.64. The second-order valence-electron chi connectivity index (χ2n) is 7.38. The smallest absolute Gasteiger partial charge is 0.191 e. The molecule has 2 N–H and O–H groups in total. The van der Waals surface area contributed by atoms with Crippen LogP contribution in [0.2, 0.25) is 0 Å². The summed E-state index contributed by atoms with van der Waals surface area (Å²) in [4.78, 5) is 4.98. The summed E-state index contributed by atoms with van der Waals surface area (Å²) in [5.74, 6) is 2.50. The summed E-state index contributed by atoms with van der Waals surface area (Å²) in [6, 6.07) is 8.47. The number of benzene rings is 1. The molecule has 1 aromatic carbocycles. The maximum atomic E-state index is 5.65. The van der Waals surface area contributed by atoms with Crippen LogP contribution in [0, 0.1) is 5.92 Å². The summed E-state index contributed by atoms with van der Waals surface area (Å²) in [5.41, 5.74) is 1.35. The van der Waals surface area contributed by atoms with Crippen molar-refractivity contribution in [1.82, 2.24) is 10.6 Å². The highest BCUT2D eigenvalue weighted by atomic mass is 127. The molecular weight excluding hydrogens is 465 g/mol. The Labute approximate surface area is 188 Å². The summed E-state index contributed by atoms with van der Waals surface area (Å²) in [5, 5.41) is 6.94. The van der Waals surface area contributed by atoms with E-state index in [1.54, 1.807) is 7.11 Å². The van der Waals surface area contributed by atoms with E-state index in [0.717, 1.165) is 57.4 Å². The van der Waals surface area contributed by atoms with Gasteiger partial charge >= 0.3 is 0 Å². The second kappa shape index (κ2) is 13.2. The van der Waals surface area contributed by atoms with Crippen molar-refractivity contribution >= 4 is 29.9 Å². The van der Waals surface area contributed by atoms with E-state index in [4.69, 9.17) is 14.5 Å². The number of methoxy groups -OCH3 is 1. The lowest BCUT2D eigenvalue weighted by Gasteiger charge is -2.36. The Morgan fingerprint density at radius 1 is 1.11 bits per heavy atom. The van der Waals surface area contributed by atoms with Crippen molar-refractivity contribution in [2.45, 2.75) is 51.9 Å². The molecule has 1 aliphatic heterocycles. The van der Waals surface area contributed by atoms with Crippen LogP contribution in [0.5, 0.6) is 5.75 Å². The Morgan fingerprint density at radius 3 is 2.29 bits per heavy atom. The van der Waals surface area contributed by atoms with Gasteiger partial charge in [-0.15, -0.1) is 24.0 Å². The third-order valence-electron chi connectivity index (χ3n) is 5.75. The summed E-state index contributed by atoms with van der Waals surface area (Å²) < 4.78 is 11.0. The number of ether oxygens (including phenoxy) is 2. The molecule has 1 saturated heterocycles. The van der Waals surface area contributed by atoms with E-state index in [0.29, 0.717) is 5.92 Å². The number of guanidine groups is 1. The van der Waals surface area contributed by atoms with E-state index in [2.05, 4.69) is 43.5 Å². The van der Waals surface area contributed by atoms with E-state index in [1.807, 2.05) is 12.1 Å². The van der Waals surface area contributed by atoms with Gasteiger partial charge in [0, 0.05) is 31.7 Å². The fraction of sp³-hybridized carbons (Fsp3) is 0.682. The SMILES string of the molecule is CCNC(=NCC1(c2ccc(OC)cc2)CCOCC1)NCC(CC)CC.I. The Bertz CT molecular complexity index is 568. The molecule has 0 radical (unpaired) electrons. The largest absolute Gasteiger partial charge is 0.497 e. The molecule has 28 heavy (non-hydrogen) atoms. The van der Waals surface area contributed by atoms with Crippen LogP contribution in [0.4, 0.5) is 0 Å². The van der Waals surface area contributed by atoms with Crippen molar-refractivity contribution in [1.29, 1.82) is 0 Å². The predicted molar refractivity (Wildman–Crippen MR) is 128 cm³/mol. The van der Waals surface area contributed by atoms with Crippen LogP contribution >= 0.6 is 24.0 Å². The van der Waals surface area contributed by atoms with Gasteiger partial charge in [0.1, 0.15) is 5.75 Å². The van der Waals surface area contributed by atoms with E-state index in [9.17, 15) is 0 Å². The van der Waals surface area contributed by atoms with Crippen LogP contribution < -0.4 is 15.4 Å². The van der Waals surface area contributed by atoms with Gasteiger partial charge in [0.05, 0.1) is 13.7 Å². The maximum Gasteiger partial charge on any atom is 0.191 e. The zero-order valence-electron chi connectivity index (χ0n) is 17.9. The van der Waals surface area contributed by atoms with Crippen molar-refractivity contribution < 1.29 is 9.47 Å². The molecular formula is C22H38IN3O2. The topological polar surface area (TPSA) is 54.9 Å². The molecule has 1 fully saturated rings. The van der Waals surface area contributed by atoms with Crippen LogP contribution in [0.1, 0.15) is 52.0 Å². The number of nitrogens with zero attached hydrogens (tertiary/aromatic N) is 1. The lowest BCUT2D eigenvalue weighted by atomic mass is 9.74. The number of halogens is 1. The van der Waals surface area contributed by atoms with Gasteiger partial charge in [0.25, 0.3) is 0 Å². The van der Waals surface area contributed by atoms with Gasteiger partial charge in [-0.1, -0.05) is 38.8 Å². The van der Waals surface area contributed by atoms with Gasteiger partial charge in [-0.25, -0.2) is 0 Å². The summed E-state index contributed by atoms with van der Waals surface area (Å²) >= 11 is 0. The first-order valence-corrected chi connectivity index (χ1v) is 10.4. The van der Waals surface area contributed by atoms with Crippen molar-refractivity contribution in [3.8, 4) is 5.75 Å². The molecule has 6 heteroatoms. The molecule has 0 saturated carbocycles. The molecule has 0 unspecified atom stereocenters. The van der Waals surface area contributed by atoms with Crippen molar-refractivity contribution in [3.05, 3.63) is 29.8 Å². The highest BCUT2D eigenvalue weighted by Gasteiger charge is 2.34. The van der Waals surface area contributed by atoms with Crippen molar-refractivity contribution in [2.75, 3.05) is 40.0 Å². The van der Waals surface area contributed by atoms with Crippen LogP contribution in [0.15, 0.2) is 29.3 Å². The molecule has 0 amide bonds. The van der Waals surface area contributed by atoms with E-state index in [1.165, 1.54) is 18.4 Å². The average Bonchev–Trinajstić information content (AvgIpc) is 2.73. The molecule has 0 atom stereocenters. The van der Waals surface area contributed by atoms with Crippen LogP contribution in [0.3, 0.4) is 0 Å². The van der Waals surface area contributed by atoms with Crippen LogP contribution in [-0.2, 0) is 10.2 Å². The minimum absolute atomic E-state index is 0. The fourth-order valence-corrected chi connectivity index (χ4v) is 3.64. The zero-order chi connectivity index (χ0) is 19.5. The van der Waals surface area contributed by atoms with E-state index >= 15 is 0 Å². The maximum absolute atomic E-state index is 5.65. The molecule has 0 bridgehead atoms. The van der Waals surface area contributed by atoms with Gasteiger partial charge in [0.15, 0.2) is 5.96 Å². The number of hydrogen-bond acceptors (Lipinski definition) is 3. The second-order valence-corrected chi connectivity index (χ2v) is 7.38. The number of hydrogen-bond donors (Lipinski definition) is 2. The molecule has 5 nitrogen and oxygen atoms in total. The standard InChI is InChI=1S/C22H37N3O2.HI/c1-5-18(6-2)16-24-21(23-7-3)25-17-22(12-14-27-15-13-22)19-8-10-20(26-4)11-9-19;/h8-11,18H,5-7,12-17H2,1-4H3,(H2,23,24,25);1H. The minimum Gasteiger partial charge on any atom is -0.497 e. The number of rotatable bonds is 9. The van der Waals surface area contributed by atoms with Crippen LogP contribution in [-0.4, -0.2) is 45.9 Å². The minimum atomic E-state index is 0. The predicted octanol–water partition coefficient (Wildman–Crippen LogP) is 4.35. The van der Waals surface area contributed by atoms with E-state index in [-0.39, 0.29) is 29.4 Å². The third-order valence-corrected chi connectivity index (χ3v) is 5.75. The third kappa shape index (κ3) is 7.10. The Morgan fingerprint density at radius 2 is 1.75 bits per heavy atom. The summed E-state index contributed by atoms with van der Waals surface area (Å²) in [7, 11) is 1.71. The van der Waals surface area contributed by atoms with Crippen molar-refractivity contribution in [2.24, 2.45) is 10.9 Å². The molecule has 0 aliphatic carbocycles. The van der Waals surface area contributed by atoms with Gasteiger partial charge < -0.3 is 20.1 Å². The molecule has 160 valence electrons. The molecule has 1 aliphatic rings. The normalized spacial score (nSPS) is 16.4. The van der Waals surface area contributed by atoms with Gasteiger partial charge in [-0.3, -0.25) is 4.99 Å². The highest BCUT2D eigenvalue weighted by Crippen LogP contribution is 2.36.